The average Bonchev–Trinajstić information content (AvgIpc) is 2.72. The van der Waals surface area contributed by atoms with Crippen molar-refractivity contribution in [1.29, 1.82) is 0 Å². The van der Waals surface area contributed by atoms with E-state index in [0.717, 1.165) is 32.1 Å². The molecular weight excluding hydrogens is 228 g/mol. The Bertz CT molecular complexity index is 286. The summed E-state index contributed by atoms with van der Waals surface area (Å²) in [5.74, 6) is 0.254. The Balaban J connectivity index is 1.83. The van der Waals surface area contributed by atoms with Gasteiger partial charge in [0.1, 0.15) is 0 Å². The number of nitrogens with zero attached hydrogens (tertiary/aromatic N) is 1. The predicted octanol–water partition coefficient (Wildman–Crippen LogP) is 2.12. The lowest BCUT2D eigenvalue weighted by atomic mass is 9.98. The molecule has 0 aromatic rings. The van der Waals surface area contributed by atoms with Crippen LogP contribution in [-0.2, 0) is 0 Å². The van der Waals surface area contributed by atoms with Gasteiger partial charge in [0.2, 0.25) is 0 Å². The molecule has 104 valence electrons. The molecule has 1 heterocycles. The third kappa shape index (κ3) is 2.97. The number of aliphatic hydroxyl groups excluding tert-OH is 1. The molecule has 1 saturated heterocycles. The second-order valence-corrected chi connectivity index (χ2v) is 5.98. The Morgan fingerprint density at radius 2 is 1.78 bits per heavy atom. The number of likely N-dealkylation sites (tertiary alicyclic amines) is 1. The molecular formula is C14H26N2O2. The van der Waals surface area contributed by atoms with Crippen molar-refractivity contribution in [2.24, 2.45) is 5.92 Å². The van der Waals surface area contributed by atoms with Crippen molar-refractivity contribution in [3.8, 4) is 0 Å². The van der Waals surface area contributed by atoms with E-state index >= 15 is 0 Å². The van der Waals surface area contributed by atoms with Gasteiger partial charge in [-0.3, -0.25) is 0 Å². The topological polar surface area (TPSA) is 52.6 Å². The second-order valence-electron chi connectivity index (χ2n) is 5.98. The van der Waals surface area contributed by atoms with E-state index in [1.54, 1.807) is 0 Å². The maximum Gasteiger partial charge on any atom is 0.317 e. The monoisotopic (exact) mass is 254 g/mol. The molecule has 4 heteroatoms. The van der Waals surface area contributed by atoms with Gasteiger partial charge in [0, 0.05) is 24.5 Å². The third-order valence-electron chi connectivity index (χ3n) is 4.56. The lowest BCUT2D eigenvalue weighted by Gasteiger charge is -2.39. The molecule has 2 rings (SSSR count). The normalized spacial score (nSPS) is 36.7. The lowest BCUT2D eigenvalue weighted by Crippen LogP contribution is -2.52. The fourth-order valence-electron chi connectivity index (χ4n) is 3.39. The van der Waals surface area contributed by atoms with Crippen molar-refractivity contribution < 1.29 is 9.90 Å². The largest absolute Gasteiger partial charge is 0.393 e. The van der Waals surface area contributed by atoms with Crippen molar-refractivity contribution in [2.45, 2.75) is 70.6 Å². The summed E-state index contributed by atoms with van der Waals surface area (Å²) in [5, 5.41) is 12.8. The number of hydrogen-bond acceptors (Lipinski definition) is 2. The van der Waals surface area contributed by atoms with E-state index in [1.807, 2.05) is 4.90 Å². The van der Waals surface area contributed by atoms with Crippen molar-refractivity contribution in [1.82, 2.24) is 10.2 Å². The van der Waals surface area contributed by atoms with Gasteiger partial charge in [0.25, 0.3) is 0 Å². The van der Waals surface area contributed by atoms with Crippen LogP contribution in [0.2, 0.25) is 0 Å². The van der Waals surface area contributed by atoms with Crippen molar-refractivity contribution in [3.05, 3.63) is 0 Å². The second kappa shape index (κ2) is 5.91. The SMILES string of the molecule is CC1CCCC(C)N1C(=O)NCC1CCCC1O. The number of urea groups is 1. The minimum Gasteiger partial charge on any atom is -0.393 e. The van der Waals surface area contributed by atoms with Gasteiger partial charge in [0.05, 0.1) is 6.10 Å². The van der Waals surface area contributed by atoms with Crippen LogP contribution in [0.3, 0.4) is 0 Å². The summed E-state index contributed by atoms with van der Waals surface area (Å²) in [6, 6.07) is 0.721. The van der Waals surface area contributed by atoms with Crippen molar-refractivity contribution in [3.63, 3.8) is 0 Å². The molecule has 0 aromatic carbocycles. The summed E-state index contributed by atoms with van der Waals surface area (Å²) in [6.07, 6.45) is 6.20. The van der Waals surface area contributed by atoms with Gasteiger partial charge < -0.3 is 15.3 Å². The Morgan fingerprint density at radius 1 is 1.17 bits per heavy atom. The number of amides is 2. The first-order chi connectivity index (χ1) is 8.59. The van der Waals surface area contributed by atoms with Crippen LogP contribution in [0.5, 0.6) is 0 Å². The number of aliphatic hydroxyl groups is 1. The molecule has 0 aromatic heterocycles. The molecule has 1 saturated carbocycles. The number of carbonyl (C=O) groups is 1. The van der Waals surface area contributed by atoms with Crippen LogP contribution in [0.25, 0.3) is 0 Å². The zero-order valence-corrected chi connectivity index (χ0v) is 11.6. The van der Waals surface area contributed by atoms with E-state index < -0.39 is 0 Å². The molecule has 0 spiro atoms. The van der Waals surface area contributed by atoms with Crippen molar-refractivity contribution in [2.75, 3.05) is 6.54 Å². The first-order valence-corrected chi connectivity index (χ1v) is 7.34. The molecule has 2 fully saturated rings. The molecule has 1 aliphatic carbocycles. The number of piperidine rings is 1. The highest BCUT2D eigenvalue weighted by atomic mass is 16.3. The van der Waals surface area contributed by atoms with Gasteiger partial charge in [-0.2, -0.15) is 0 Å². The van der Waals surface area contributed by atoms with Gasteiger partial charge in [-0.25, -0.2) is 4.79 Å². The number of nitrogens with one attached hydrogen (secondary N) is 1. The summed E-state index contributed by atoms with van der Waals surface area (Å²) in [4.78, 5) is 14.2. The Morgan fingerprint density at radius 3 is 2.33 bits per heavy atom. The fourth-order valence-corrected chi connectivity index (χ4v) is 3.39. The molecule has 2 aliphatic rings. The van der Waals surface area contributed by atoms with Gasteiger partial charge >= 0.3 is 6.03 Å². The molecule has 1 aliphatic heterocycles. The maximum atomic E-state index is 12.2. The van der Waals surface area contributed by atoms with Gasteiger partial charge in [-0.05, 0) is 46.0 Å². The lowest BCUT2D eigenvalue weighted by molar-refractivity contribution is 0.112. The summed E-state index contributed by atoms with van der Waals surface area (Å²) in [6.45, 7) is 4.87. The Labute approximate surface area is 110 Å². The summed E-state index contributed by atoms with van der Waals surface area (Å²) in [7, 11) is 0. The highest BCUT2D eigenvalue weighted by molar-refractivity contribution is 5.75. The standard InChI is InChI=1S/C14H26N2O2/c1-10-5-3-6-11(2)16(10)14(18)15-9-12-7-4-8-13(12)17/h10-13,17H,3-9H2,1-2H3,(H,15,18). The van der Waals surface area contributed by atoms with E-state index in [4.69, 9.17) is 0 Å². The zero-order chi connectivity index (χ0) is 13.1. The first-order valence-electron chi connectivity index (χ1n) is 7.34. The van der Waals surface area contributed by atoms with E-state index in [2.05, 4.69) is 19.2 Å². The minimum atomic E-state index is -0.221. The number of hydrogen-bond donors (Lipinski definition) is 2. The van der Waals surface area contributed by atoms with Crippen molar-refractivity contribution >= 4 is 6.03 Å². The van der Waals surface area contributed by atoms with Gasteiger partial charge in [-0.15, -0.1) is 0 Å². The molecule has 4 unspecified atom stereocenters. The predicted molar refractivity (Wildman–Crippen MR) is 71.4 cm³/mol. The highest BCUT2D eigenvalue weighted by Gasteiger charge is 2.30. The molecule has 0 radical (unpaired) electrons. The summed E-state index contributed by atoms with van der Waals surface area (Å²) >= 11 is 0. The van der Waals surface area contributed by atoms with Crippen LogP contribution in [0.4, 0.5) is 4.79 Å². The highest BCUT2D eigenvalue weighted by Crippen LogP contribution is 2.25. The van der Waals surface area contributed by atoms with Crippen LogP contribution in [0, 0.1) is 5.92 Å². The van der Waals surface area contributed by atoms with Crippen LogP contribution in [-0.4, -0.2) is 40.8 Å². The van der Waals surface area contributed by atoms with E-state index in [9.17, 15) is 9.90 Å². The van der Waals surface area contributed by atoms with Crippen LogP contribution < -0.4 is 5.32 Å². The first kappa shape index (κ1) is 13.7. The molecule has 2 N–H and O–H groups in total. The van der Waals surface area contributed by atoms with Crippen LogP contribution in [0.15, 0.2) is 0 Å². The molecule has 4 nitrogen and oxygen atoms in total. The summed E-state index contributed by atoms with van der Waals surface area (Å²) in [5.41, 5.74) is 0. The minimum absolute atomic E-state index is 0.0498. The molecule has 4 atom stereocenters. The van der Waals surface area contributed by atoms with Crippen LogP contribution in [0.1, 0.15) is 52.4 Å². The Hall–Kier alpha value is -0.770. The van der Waals surface area contributed by atoms with E-state index in [1.165, 1.54) is 6.42 Å². The van der Waals surface area contributed by atoms with Crippen LogP contribution >= 0.6 is 0 Å². The van der Waals surface area contributed by atoms with E-state index in [-0.39, 0.29) is 18.1 Å². The average molecular weight is 254 g/mol. The number of carbonyl (C=O) groups excluding carboxylic acids is 1. The Kier molecular flexibility index (Phi) is 4.49. The third-order valence-corrected chi connectivity index (χ3v) is 4.56. The van der Waals surface area contributed by atoms with Gasteiger partial charge in [-0.1, -0.05) is 6.42 Å². The molecule has 0 bridgehead atoms. The van der Waals surface area contributed by atoms with Gasteiger partial charge in [0.15, 0.2) is 0 Å². The quantitative estimate of drug-likeness (QED) is 0.793. The zero-order valence-electron chi connectivity index (χ0n) is 11.6. The maximum absolute atomic E-state index is 12.2. The summed E-state index contributed by atoms with van der Waals surface area (Å²) < 4.78 is 0. The number of rotatable bonds is 2. The molecule has 2 amide bonds. The smallest absolute Gasteiger partial charge is 0.317 e. The van der Waals surface area contributed by atoms with E-state index in [0.29, 0.717) is 18.6 Å². The fraction of sp³-hybridized carbons (Fsp3) is 0.929. The molecule has 18 heavy (non-hydrogen) atoms.